The van der Waals surface area contributed by atoms with Gasteiger partial charge in [-0.3, -0.25) is 4.79 Å². The van der Waals surface area contributed by atoms with Crippen molar-refractivity contribution in [1.29, 1.82) is 0 Å². The van der Waals surface area contributed by atoms with Crippen molar-refractivity contribution in [1.82, 2.24) is 9.55 Å². The van der Waals surface area contributed by atoms with Gasteiger partial charge in [0.2, 0.25) is 17.2 Å². The number of hydrogen-bond donors (Lipinski definition) is 1. The molecule has 0 saturated carbocycles. The molecule has 0 radical (unpaired) electrons. The Morgan fingerprint density at radius 3 is 2.46 bits per heavy atom. The van der Waals surface area contributed by atoms with Crippen molar-refractivity contribution >= 4 is 40.8 Å². The van der Waals surface area contributed by atoms with Crippen LogP contribution in [0.4, 0.5) is 0 Å². The molecule has 6 nitrogen and oxygen atoms in total. The summed E-state index contributed by atoms with van der Waals surface area (Å²) in [5.74, 6) is -1.02. The molecular formula is C19H13Cl3N2O4. The number of carboxylic acid groups (broad SMARTS) is 1. The predicted octanol–water partition coefficient (Wildman–Crippen LogP) is 5.38. The van der Waals surface area contributed by atoms with Crippen LogP contribution >= 0.6 is 34.8 Å². The summed E-state index contributed by atoms with van der Waals surface area (Å²) in [5, 5.41) is 10.6. The van der Waals surface area contributed by atoms with Gasteiger partial charge >= 0.3 is 5.97 Å². The third-order valence-electron chi connectivity index (χ3n) is 3.91. The van der Waals surface area contributed by atoms with E-state index >= 15 is 0 Å². The molecule has 28 heavy (non-hydrogen) atoms. The molecule has 0 aliphatic heterocycles. The van der Waals surface area contributed by atoms with Crippen LogP contribution in [-0.4, -0.2) is 20.6 Å². The average Bonchev–Trinajstić information content (AvgIpc) is 2.65. The maximum atomic E-state index is 12.6. The Hall–Kier alpha value is -2.54. The minimum Gasteiger partial charge on any atom is -0.477 e. The van der Waals surface area contributed by atoms with Crippen LogP contribution in [0.3, 0.4) is 0 Å². The van der Waals surface area contributed by atoms with Crippen molar-refractivity contribution in [2.24, 2.45) is 0 Å². The van der Waals surface area contributed by atoms with Crippen molar-refractivity contribution in [3.63, 3.8) is 0 Å². The molecule has 0 atom stereocenters. The molecule has 2 aromatic heterocycles. The van der Waals surface area contributed by atoms with Gasteiger partial charge in [-0.05, 0) is 25.1 Å². The quantitative estimate of drug-likeness (QED) is 0.577. The van der Waals surface area contributed by atoms with Gasteiger partial charge in [0.1, 0.15) is 5.56 Å². The number of carboxylic acids is 1. The Bertz CT molecular complexity index is 1110. The molecule has 2 heterocycles. The van der Waals surface area contributed by atoms with Gasteiger partial charge in [0.15, 0.2) is 0 Å². The van der Waals surface area contributed by atoms with Crippen LogP contribution in [0, 0.1) is 0 Å². The molecule has 0 saturated heterocycles. The second kappa shape index (κ2) is 8.22. The Morgan fingerprint density at radius 1 is 1.14 bits per heavy atom. The standard InChI is InChI=1S/C19H13Cl3N2O4/c1-2-24-16(28-15-6-4-11(20)9-23-15)8-14(25)17(19(26)27)18(24)10-3-5-12(21)13(22)7-10/h3-9H,2H2,1H3,(H,26,27). The van der Waals surface area contributed by atoms with E-state index in [4.69, 9.17) is 39.5 Å². The van der Waals surface area contributed by atoms with Crippen LogP contribution in [0.2, 0.25) is 15.1 Å². The second-order valence-corrected chi connectivity index (χ2v) is 6.92. The average molecular weight is 440 g/mol. The Kier molecular flexibility index (Phi) is 5.93. The van der Waals surface area contributed by atoms with E-state index in [1.807, 2.05) is 0 Å². The number of ether oxygens (including phenoxy) is 1. The van der Waals surface area contributed by atoms with Crippen molar-refractivity contribution < 1.29 is 14.6 Å². The number of aromatic nitrogens is 2. The van der Waals surface area contributed by atoms with E-state index in [1.165, 1.54) is 24.4 Å². The van der Waals surface area contributed by atoms with Crippen LogP contribution < -0.4 is 10.2 Å². The fourth-order valence-corrected chi connectivity index (χ4v) is 3.11. The third kappa shape index (κ3) is 3.99. The Balaban J connectivity index is 2.26. The van der Waals surface area contributed by atoms with E-state index in [0.717, 1.165) is 6.07 Å². The lowest BCUT2D eigenvalue weighted by molar-refractivity contribution is 0.0695. The molecule has 0 amide bonds. The smallest absolute Gasteiger partial charge is 0.341 e. The largest absolute Gasteiger partial charge is 0.477 e. The highest BCUT2D eigenvalue weighted by atomic mass is 35.5. The Labute approximate surface area is 174 Å². The number of carbonyl (C=O) groups is 1. The summed E-state index contributed by atoms with van der Waals surface area (Å²) in [6.07, 6.45) is 1.40. The molecule has 3 rings (SSSR count). The van der Waals surface area contributed by atoms with Gasteiger partial charge in [-0.2, -0.15) is 0 Å². The number of aromatic carboxylic acids is 1. The SMILES string of the molecule is CCn1c(Oc2ccc(Cl)cn2)cc(=O)c(C(=O)O)c1-c1ccc(Cl)c(Cl)c1. The molecule has 1 N–H and O–H groups in total. The van der Waals surface area contributed by atoms with Gasteiger partial charge in [0.25, 0.3) is 0 Å². The third-order valence-corrected chi connectivity index (χ3v) is 4.87. The summed E-state index contributed by atoms with van der Waals surface area (Å²) in [6.45, 7) is 2.11. The zero-order valence-electron chi connectivity index (χ0n) is 14.4. The van der Waals surface area contributed by atoms with E-state index < -0.39 is 17.0 Å². The zero-order valence-corrected chi connectivity index (χ0v) is 16.7. The van der Waals surface area contributed by atoms with Gasteiger partial charge in [-0.25, -0.2) is 9.78 Å². The molecule has 144 valence electrons. The number of benzene rings is 1. The first-order chi connectivity index (χ1) is 13.3. The molecule has 1 aromatic carbocycles. The van der Waals surface area contributed by atoms with Crippen LogP contribution in [0.15, 0.2) is 47.4 Å². The number of hydrogen-bond acceptors (Lipinski definition) is 4. The number of pyridine rings is 2. The molecule has 0 bridgehead atoms. The first kappa shape index (κ1) is 20.2. The van der Waals surface area contributed by atoms with Crippen molar-refractivity contribution in [2.75, 3.05) is 0 Å². The fourth-order valence-electron chi connectivity index (χ4n) is 2.70. The minimum atomic E-state index is -1.36. The molecule has 0 unspecified atom stereocenters. The first-order valence-electron chi connectivity index (χ1n) is 8.07. The van der Waals surface area contributed by atoms with Gasteiger partial charge in [-0.1, -0.05) is 40.9 Å². The molecule has 0 aliphatic carbocycles. The predicted molar refractivity (Wildman–Crippen MR) is 108 cm³/mol. The maximum absolute atomic E-state index is 12.6. The molecule has 0 aliphatic rings. The van der Waals surface area contributed by atoms with Crippen molar-refractivity contribution in [3.05, 3.63) is 73.4 Å². The normalized spacial score (nSPS) is 10.7. The summed E-state index contributed by atoms with van der Waals surface area (Å²) in [5.41, 5.74) is -0.524. The summed E-state index contributed by atoms with van der Waals surface area (Å²) in [7, 11) is 0. The van der Waals surface area contributed by atoms with E-state index in [-0.39, 0.29) is 22.5 Å². The Morgan fingerprint density at radius 2 is 1.89 bits per heavy atom. The highest BCUT2D eigenvalue weighted by molar-refractivity contribution is 6.42. The van der Waals surface area contributed by atoms with Crippen LogP contribution in [0.1, 0.15) is 17.3 Å². The van der Waals surface area contributed by atoms with E-state index in [1.54, 1.807) is 23.6 Å². The summed E-state index contributed by atoms with van der Waals surface area (Å²) in [6, 6.07) is 8.86. The summed E-state index contributed by atoms with van der Waals surface area (Å²) < 4.78 is 7.28. The maximum Gasteiger partial charge on any atom is 0.341 e. The number of rotatable bonds is 5. The van der Waals surface area contributed by atoms with Gasteiger partial charge in [0.05, 0.1) is 20.8 Å². The zero-order chi connectivity index (χ0) is 20.4. The molecule has 9 heteroatoms. The topological polar surface area (TPSA) is 81.4 Å². The van der Waals surface area contributed by atoms with Crippen LogP contribution in [0.5, 0.6) is 11.8 Å². The minimum absolute atomic E-state index is 0.133. The molecule has 3 aromatic rings. The van der Waals surface area contributed by atoms with Gasteiger partial charge in [-0.15, -0.1) is 0 Å². The van der Waals surface area contributed by atoms with Gasteiger partial charge < -0.3 is 14.4 Å². The van der Waals surface area contributed by atoms with Crippen LogP contribution in [0.25, 0.3) is 11.3 Å². The fraction of sp³-hybridized carbons (Fsp3) is 0.105. The lowest BCUT2D eigenvalue weighted by Gasteiger charge is -2.19. The van der Waals surface area contributed by atoms with Crippen molar-refractivity contribution in [3.8, 4) is 23.0 Å². The van der Waals surface area contributed by atoms with Gasteiger partial charge in [0, 0.05) is 30.4 Å². The van der Waals surface area contributed by atoms with E-state index in [9.17, 15) is 14.7 Å². The lowest BCUT2D eigenvalue weighted by Crippen LogP contribution is -2.21. The van der Waals surface area contributed by atoms with Crippen molar-refractivity contribution in [2.45, 2.75) is 13.5 Å². The lowest BCUT2D eigenvalue weighted by atomic mass is 10.0. The highest BCUT2D eigenvalue weighted by Crippen LogP contribution is 2.33. The molecular weight excluding hydrogens is 427 g/mol. The summed E-state index contributed by atoms with van der Waals surface area (Å²) in [4.78, 5) is 28.4. The second-order valence-electron chi connectivity index (χ2n) is 5.67. The highest BCUT2D eigenvalue weighted by Gasteiger charge is 2.23. The van der Waals surface area contributed by atoms with Crippen LogP contribution in [-0.2, 0) is 6.54 Å². The number of nitrogens with zero attached hydrogens (tertiary/aromatic N) is 2. The first-order valence-corrected chi connectivity index (χ1v) is 9.21. The van der Waals surface area contributed by atoms with E-state index in [2.05, 4.69) is 4.98 Å². The molecule has 0 fully saturated rings. The number of halogens is 3. The molecule has 0 spiro atoms. The monoisotopic (exact) mass is 438 g/mol. The van der Waals surface area contributed by atoms with E-state index in [0.29, 0.717) is 22.2 Å². The summed E-state index contributed by atoms with van der Waals surface area (Å²) >= 11 is 17.9.